The van der Waals surface area contributed by atoms with Crippen LogP contribution < -0.4 is 4.74 Å². The molecular formula is C12H16Br2O2. The maximum absolute atomic E-state index is 5.59. The summed E-state index contributed by atoms with van der Waals surface area (Å²) in [6, 6.07) is 5.97. The highest BCUT2D eigenvalue weighted by molar-refractivity contribution is 9.10. The summed E-state index contributed by atoms with van der Waals surface area (Å²) in [4.78, 5) is 0. The second-order valence-electron chi connectivity index (χ2n) is 3.65. The molecule has 0 radical (unpaired) electrons. The maximum atomic E-state index is 5.59. The SMILES string of the molecule is CC(C)OCCOc1ccc(Br)c(CBr)c1. The van der Waals surface area contributed by atoms with E-state index >= 15 is 0 Å². The molecule has 0 saturated carbocycles. The van der Waals surface area contributed by atoms with E-state index in [0.717, 1.165) is 15.6 Å². The van der Waals surface area contributed by atoms with Crippen LogP contribution in [0.4, 0.5) is 0 Å². The van der Waals surface area contributed by atoms with Crippen molar-refractivity contribution in [1.82, 2.24) is 0 Å². The largest absolute Gasteiger partial charge is 0.491 e. The number of ether oxygens (including phenoxy) is 2. The molecule has 0 bridgehead atoms. The molecule has 1 aromatic rings. The van der Waals surface area contributed by atoms with Gasteiger partial charge in [0.1, 0.15) is 12.4 Å². The van der Waals surface area contributed by atoms with Crippen molar-refractivity contribution in [3.05, 3.63) is 28.2 Å². The molecule has 16 heavy (non-hydrogen) atoms. The van der Waals surface area contributed by atoms with Gasteiger partial charge >= 0.3 is 0 Å². The lowest BCUT2D eigenvalue weighted by Gasteiger charge is -2.10. The molecule has 0 spiro atoms. The molecule has 0 saturated heterocycles. The summed E-state index contributed by atoms with van der Waals surface area (Å²) in [7, 11) is 0. The molecule has 0 aromatic heterocycles. The van der Waals surface area contributed by atoms with Gasteiger partial charge in [0.2, 0.25) is 0 Å². The van der Waals surface area contributed by atoms with E-state index < -0.39 is 0 Å². The first kappa shape index (κ1) is 14.0. The van der Waals surface area contributed by atoms with Crippen LogP contribution in [0.1, 0.15) is 19.4 Å². The molecule has 0 fully saturated rings. The summed E-state index contributed by atoms with van der Waals surface area (Å²) >= 11 is 6.91. The predicted octanol–water partition coefficient (Wildman–Crippen LogP) is 4.15. The van der Waals surface area contributed by atoms with E-state index in [4.69, 9.17) is 9.47 Å². The van der Waals surface area contributed by atoms with Crippen molar-refractivity contribution in [3.63, 3.8) is 0 Å². The lowest BCUT2D eigenvalue weighted by atomic mass is 10.2. The van der Waals surface area contributed by atoms with Crippen LogP contribution in [0.15, 0.2) is 22.7 Å². The maximum Gasteiger partial charge on any atom is 0.119 e. The highest BCUT2D eigenvalue weighted by Gasteiger charge is 2.01. The van der Waals surface area contributed by atoms with Gasteiger partial charge in [-0.25, -0.2) is 0 Å². The second-order valence-corrected chi connectivity index (χ2v) is 5.07. The third-order valence-corrected chi connectivity index (χ3v) is 3.34. The van der Waals surface area contributed by atoms with Gasteiger partial charge in [-0.3, -0.25) is 0 Å². The molecule has 2 nitrogen and oxygen atoms in total. The number of hydrogen-bond donors (Lipinski definition) is 0. The van der Waals surface area contributed by atoms with Crippen molar-refractivity contribution < 1.29 is 9.47 Å². The van der Waals surface area contributed by atoms with Gasteiger partial charge in [-0.05, 0) is 37.6 Å². The summed E-state index contributed by atoms with van der Waals surface area (Å²) in [6.45, 7) is 5.24. The third kappa shape index (κ3) is 4.85. The van der Waals surface area contributed by atoms with Gasteiger partial charge in [0.25, 0.3) is 0 Å². The Bertz CT molecular complexity index is 327. The van der Waals surface area contributed by atoms with E-state index in [0.29, 0.717) is 13.2 Å². The van der Waals surface area contributed by atoms with E-state index in [1.165, 1.54) is 5.56 Å². The van der Waals surface area contributed by atoms with Gasteiger partial charge in [-0.1, -0.05) is 31.9 Å². The van der Waals surface area contributed by atoms with E-state index in [1.807, 2.05) is 32.0 Å². The Morgan fingerprint density at radius 2 is 2.00 bits per heavy atom. The zero-order chi connectivity index (χ0) is 12.0. The van der Waals surface area contributed by atoms with E-state index in [1.54, 1.807) is 0 Å². The number of hydrogen-bond acceptors (Lipinski definition) is 2. The molecule has 0 unspecified atom stereocenters. The fourth-order valence-corrected chi connectivity index (χ4v) is 2.41. The standard InChI is InChI=1S/C12H16Br2O2/c1-9(2)15-5-6-16-11-3-4-12(14)10(7-11)8-13/h3-4,7,9H,5-6,8H2,1-2H3. The van der Waals surface area contributed by atoms with Crippen molar-refractivity contribution in [3.8, 4) is 5.75 Å². The van der Waals surface area contributed by atoms with Crippen LogP contribution in [-0.4, -0.2) is 19.3 Å². The van der Waals surface area contributed by atoms with Crippen molar-refractivity contribution in [2.75, 3.05) is 13.2 Å². The first-order valence-electron chi connectivity index (χ1n) is 5.22. The Hall–Kier alpha value is -0.0600. The van der Waals surface area contributed by atoms with Crippen molar-refractivity contribution >= 4 is 31.9 Å². The molecule has 1 aromatic carbocycles. The molecule has 90 valence electrons. The van der Waals surface area contributed by atoms with Crippen LogP contribution in [0.25, 0.3) is 0 Å². The minimum atomic E-state index is 0.256. The Morgan fingerprint density at radius 3 is 2.62 bits per heavy atom. The smallest absolute Gasteiger partial charge is 0.119 e. The Labute approximate surface area is 114 Å². The number of alkyl halides is 1. The summed E-state index contributed by atoms with van der Waals surface area (Å²) in [6.07, 6.45) is 0.256. The fraction of sp³-hybridized carbons (Fsp3) is 0.500. The van der Waals surface area contributed by atoms with Crippen LogP contribution in [0.5, 0.6) is 5.75 Å². The van der Waals surface area contributed by atoms with E-state index in [2.05, 4.69) is 31.9 Å². The van der Waals surface area contributed by atoms with Gasteiger partial charge in [0.05, 0.1) is 12.7 Å². The Balaban J connectivity index is 2.42. The zero-order valence-corrected chi connectivity index (χ0v) is 12.7. The molecule has 0 heterocycles. The second kappa shape index (κ2) is 7.30. The monoisotopic (exact) mass is 350 g/mol. The fourth-order valence-electron chi connectivity index (χ4n) is 1.19. The van der Waals surface area contributed by atoms with Gasteiger partial charge in [0.15, 0.2) is 0 Å². The Kier molecular flexibility index (Phi) is 6.39. The van der Waals surface area contributed by atoms with Crippen LogP contribution in [0, 0.1) is 0 Å². The molecular weight excluding hydrogens is 336 g/mol. The van der Waals surface area contributed by atoms with Crippen LogP contribution in [0.2, 0.25) is 0 Å². The number of halogens is 2. The van der Waals surface area contributed by atoms with E-state index in [9.17, 15) is 0 Å². The molecule has 0 aliphatic rings. The summed E-state index contributed by atoms with van der Waals surface area (Å²) in [5.41, 5.74) is 1.18. The average Bonchev–Trinajstić information content (AvgIpc) is 2.26. The lowest BCUT2D eigenvalue weighted by molar-refractivity contribution is 0.0552. The molecule has 0 aliphatic carbocycles. The summed E-state index contributed by atoms with van der Waals surface area (Å²) in [5, 5.41) is 0.813. The molecule has 0 atom stereocenters. The van der Waals surface area contributed by atoms with Gasteiger partial charge in [0, 0.05) is 9.80 Å². The molecule has 0 aliphatic heterocycles. The highest BCUT2D eigenvalue weighted by atomic mass is 79.9. The van der Waals surface area contributed by atoms with Crippen molar-refractivity contribution in [2.45, 2.75) is 25.3 Å². The minimum absolute atomic E-state index is 0.256. The number of rotatable bonds is 6. The van der Waals surface area contributed by atoms with Gasteiger partial charge in [-0.15, -0.1) is 0 Å². The van der Waals surface area contributed by atoms with Crippen molar-refractivity contribution in [2.24, 2.45) is 0 Å². The van der Waals surface area contributed by atoms with Crippen molar-refractivity contribution in [1.29, 1.82) is 0 Å². The molecule has 4 heteroatoms. The van der Waals surface area contributed by atoms with Gasteiger partial charge < -0.3 is 9.47 Å². The van der Waals surface area contributed by atoms with Crippen LogP contribution >= 0.6 is 31.9 Å². The quantitative estimate of drug-likeness (QED) is 0.566. The van der Waals surface area contributed by atoms with Gasteiger partial charge in [-0.2, -0.15) is 0 Å². The molecule has 0 N–H and O–H groups in total. The average molecular weight is 352 g/mol. The minimum Gasteiger partial charge on any atom is -0.491 e. The third-order valence-electron chi connectivity index (χ3n) is 1.96. The molecule has 1 rings (SSSR count). The summed E-state index contributed by atoms with van der Waals surface area (Å²) < 4.78 is 12.1. The Morgan fingerprint density at radius 1 is 1.25 bits per heavy atom. The summed E-state index contributed by atoms with van der Waals surface area (Å²) in [5.74, 6) is 0.880. The van der Waals surface area contributed by atoms with Crippen LogP contribution in [-0.2, 0) is 10.1 Å². The highest BCUT2D eigenvalue weighted by Crippen LogP contribution is 2.24. The van der Waals surface area contributed by atoms with E-state index in [-0.39, 0.29) is 6.10 Å². The zero-order valence-electron chi connectivity index (χ0n) is 9.50. The lowest BCUT2D eigenvalue weighted by Crippen LogP contribution is -2.11. The normalized spacial score (nSPS) is 10.8. The predicted molar refractivity (Wildman–Crippen MR) is 73.4 cm³/mol. The molecule has 0 amide bonds. The number of benzene rings is 1. The topological polar surface area (TPSA) is 18.5 Å². The first-order valence-corrected chi connectivity index (χ1v) is 7.13. The first-order chi connectivity index (χ1) is 7.63. The van der Waals surface area contributed by atoms with Crippen LogP contribution in [0.3, 0.4) is 0 Å².